The molecule has 3 rings (SSSR count). The van der Waals surface area contributed by atoms with Crippen LogP contribution in [-0.2, 0) is 10.0 Å². The van der Waals surface area contributed by atoms with E-state index in [1.807, 2.05) is 0 Å². The number of primary sulfonamides is 1. The molecule has 3 N–H and O–H groups in total. The van der Waals surface area contributed by atoms with E-state index in [2.05, 4.69) is 19.2 Å². The van der Waals surface area contributed by atoms with Crippen LogP contribution in [0.2, 0.25) is 0 Å². The molecule has 2 aromatic carbocycles. The lowest BCUT2D eigenvalue weighted by Gasteiger charge is -2.07. The van der Waals surface area contributed by atoms with E-state index < -0.39 is 21.7 Å². The van der Waals surface area contributed by atoms with Crippen molar-refractivity contribution in [3.63, 3.8) is 0 Å². The van der Waals surface area contributed by atoms with Gasteiger partial charge >= 0.3 is 0 Å². The highest BCUT2D eigenvalue weighted by Gasteiger charge is 2.57. The second kappa shape index (κ2) is 6.07. The van der Waals surface area contributed by atoms with Crippen molar-refractivity contribution in [1.29, 1.82) is 0 Å². The molecule has 1 saturated carbocycles. The maximum Gasteiger partial charge on any atom is 0.238 e. The van der Waals surface area contributed by atoms with Crippen molar-refractivity contribution < 1.29 is 17.2 Å². The first kappa shape index (κ1) is 17.8. The molecule has 1 fully saturated rings. The van der Waals surface area contributed by atoms with E-state index >= 15 is 0 Å². The van der Waals surface area contributed by atoms with Crippen LogP contribution in [0.3, 0.4) is 0 Å². The minimum absolute atomic E-state index is 0.0225. The van der Waals surface area contributed by atoms with Crippen LogP contribution in [0.25, 0.3) is 0 Å². The molecular weight excluding hydrogens is 346 g/mol. The maximum absolute atomic E-state index is 13.3. The molecule has 0 saturated heterocycles. The van der Waals surface area contributed by atoms with Gasteiger partial charge < -0.3 is 5.32 Å². The Bertz CT molecular complexity index is 896. The highest BCUT2D eigenvalue weighted by atomic mass is 32.2. The van der Waals surface area contributed by atoms with Gasteiger partial charge in [0.2, 0.25) is 10.0 Å². The lowest BCUT2D eigenvalue weighted by Crippen LogP contribution is -2.11. The van der Waals surface area contributed by atoms with E-state index in [9.17, 15) is 17.2 Å². The summed E-state index contributed by atoms with van der Waals surface area (Å²) in [6, 6.07) is 10.3. The SMILES string of the molecule is CC1(C)[C@H](CNc2ccc(F)c(F)c2)[C@H]1c1ccc(S(N)(=O)=O)cc1. The fourth-order valence-electron chi connectivity index (χ4n) is 3.49. The lowest BCUT2D eigenvalue weighted by molar-refractivity contribution is 0.509. The zero-order valence-corrected chi connectivity index (χ0v) is 14.8. The normalized spacial score (nSPS) is 21.8. The summed E-state index contributed by atoms with van der Waals surface area (Å²) in [6.45, 7) is 4.87. The van der Waals surface area contributed by atoms with Gasteiger partial charge in [-0.15, -0.1) is 0 Å². The predicted molar refractivity (Wildman–Crippen MR) is 92.7 cm³/mol. The second-order valence-electron chi connectivity index (χ2n) is 7.03. The molecule has 0 bridgehead atoms. The molecular formula is C18H20F2N2O2S. The number of anilines is 1. The molecule has 25 heavy (non-hydrogen) atoms. The van der Waals surface area contributed by atoms with Crippen LogP contribution in [0.15, 0.2) is 47.4 Å². The summed E-state index contributed by atoms with van der Waals surface area (Å²) < 4.78 is 48.9. The van der Waals surface area contributed by atoms with E-state index in [1.54, 1.807) is 12.1 Å². The van der Waals surface area contributed by atoms with Gasteiger partial charge in [0.15, 0.2) is 11.6 Å². The van der Waals surface area contributed by atoms with Gasteiger partial charge in [-0.2, -0.15) is 0 Å². The third-order valence-electron chi connectivity index (χ3n) is 5.06. The Morgan fingerprint density at radius 1 is 1.08 bits per heavy atom. The first-order valence-corrected chi connectivity index (χ1v) is 9.47. The van der Waals surface area contributed by atoms with Gasteiger partial charge in [-0.3, -0.25) is 0 Å². The summed E-state index contributed by atoms with van der Waals surface area (Å²) >= 11 is 0. The highest BCUT2D eigenvalue weighted by molar-refractivity contribution is 7.89. The molecule has 0 aliphatic heterocycles. The van der Waals surface area contributed by atoms with E-state index in [0.717, 1.165) is 17.7 Å². The van der Waals surface area contributed by atoms with Gasteiger partial charge in [0.05, 0.1) is 4.90 Å². The third kappa shape index (κ3) is 3.52. The molecule has 4 nitrogen and oxygen atoms in total. The predicted octanol–water partition coefficient (Wildman–Crippen LogP) is 3.46. The molecule has 0 amide bonds. The smallest absolute Gasteiger partial charge is 0.238 e. The van der Waals surface area contributed by atoms with E-state index in [4.69, 9.17) is 5.14 Å². The van der Waals surface area contributed by atoms with Gasteiger partial charge in [-0.25, -0.2) is 22.3 Å². The van der Waals surface area contributed by atoms with Gasteiger partial charge in [-0.05, 0) is 53.1 Å². The Morgan fingerprint density at radius 3 is 2.28 bits per heavy atom. The Kier molecular flexibility index (Phi) is 4.33. The third-order valence-corrected chi connectivity index (χ3v) is 5.99. The van der Waals surface area contributed by atoms with Crippen molar-refractivity contribution in [1.82, 2.24) is 0 Å². The lowest BCUT2D eigenvalue weighted by atomic mass is 10.0. The number of hydrogen-bond acceptors (Lipinski definition) is 3. The van der Waals surface area contributed by atoms with E-state index in [-0.39, 0.29) is 16.2 Å². The van der Waals surface area contributed by atoms with Crippen molar-refractivity contribution in [2.45, 2.75) is 24.7 Å². The fourth-order valence-corrected chi connectivity index (χ4v) is 4.00. The standard InChI is InChI=1S/C18H20F2N2O2S/c1-18(2)14(10-22-12-5-8-15(19)16(20)9-12)17(18)11-3-6-13(7-4-11)25(21,23)24/h3-9,14,17,22H,10H2,1-2H3,(H2,21,23,24)/t14-,17-/m1/s1. The maximum atomic E-state index is 13.3. The van der Waals surface area contributed by atoms with Gasteiger partial charge in [0.1, 0.15) is 0 Å². The van der Waals surface area contributed by atoms with Gasteiger partial charge in [0, 0.05) is 12.2 Å². The van der Waals surface area contributed by atoms with E-state index in [0.29, 0.717) is 18.2 Å². The van der Waals surface area contributed by atoms with Crippen LogP contribution >= 0.6 is 0 Å². The molecule has 0 spiro atoms. The molecule has 0 unspecified atom stereocenters. The molecule has 2 atom stereocenters. The molecule has 1 aliphatic carbocycles. The average Bonchev–Trinajstić information content (AvgIpc) is 3.09. The number of sulfonamides is 1. The van der Waals surface area contributed by atoms with Crippen LogP contribution in [0.5, 0.6) is 0 Å². The first-order valence-electron chi connectivity index (χ1n) is 7.92. The topological polar surface area (TPSA) is 72.2 Å². The minimum Gasteiger partial charge on any atom is -0.385 e. The number of hydrogen-bond donors (Lipinski definition) is 2. The van der Waals surface area contributed by atoms with Gasteiger partial charge in [-0.1, -0.05) is 26.0 Å². The Labute approximate surface area is 146 Å². The van der Waals surface area contributed by atoms with Crippen LogP contribution in [-0.4, -0.2) is 15.0 Å². The quantitative estimate of drug-likeness (QED) is 0.851. The molecule has 2 aromatic rings. The van der Waals surface area contributed by atoms with Crippen molar-refractivity contribution in [2.24, 2.45) is 16.5 Å². The summed E-state index contributed by atoms with van der Waals surface area (Å²) in [4.78, 5) is 0.0890. The zero-order valence-electron chi connectivity index (χ0n) is 14.0. The van der Waals surface area contributed by atoms with E-state index in [1.165, 1.54) is 18.2 Å². The zero-order chi connectivity index (χ0) is 18.4. The summed E-state index contributed by atoms with van der Waals surface area (Å²) in [6.07, 6.45) is 0. The monoisotopic (exact) mass is 366 g/mol. The van der Waals surface area contributed by atoms with Crippen LogP contribution in [0.4, 0.5) is 14.5 Å². The van der Waals surface area contributed by atoms with Crippen LogP contribution < -0.4 is 10.5 Å². The number of halogens is 2. The summed E-state index contributed by atoms with van der Waals surface area (Å²) in [5, 5.41) is 8.26. The molecule has 1 aliphatic rings. The van der Waals surface area contributed by atoms with Crippen molar-refractivity contribution in [2.75, 3.05) is 11.9 Å². The van der Waals surface area contributed by atoms with Crippen molar-refractivity contribution in [3.05, 3.63) is 59.7 Å². The minimum atomic E-state index is -3.70. The van der Waals surface area contributed by atoms with Crippen LogP contribution in [0.1, 0.15) is 25.3 Å². The molecule has 0 aromatic heterocycles. The van der Waals surface area contributed by atoms with Crippen molar-refractivity contribution >= 4 is 15.7 Å². The molecule has 0 radical (unpaired) electrons. The molecule has 7 heteroatoms. The van der Waals surface area contributed by atoms with Crippen molar-refractivity contribution in [3.8, 4) is 0 Å². The number of rotatable bonds is 5. The average molecular weight is 366 g/mol. The first-order chi connectivity index (χ1) is 11.6. The largest absolute Gasteiger partial charge is 0.385 e. The second-order valence-corrected chi connectivity index (χ2v) is 8.59. The fraction of sp³-hybridized carbons (Fsp3) is 0.333. The highest BCUT2D eigenvalue weighted by Crippen LogP contribution is 2.64. The van der Waals surface area contributed by atoms with Crippen LogP contribution in [0, 0.1) is 23.0 Å². The van der Waals surface area contributed by atoms with Gasteiger partial charge in [0.25, 0.3) is 0 Å². The summed E-state index contributed by atoms with van der Waals surface area (Å²) in [7, 11) is -3.70. The number of benzene rings is 2. The molecule has 134 valence electrons. The Balaban J connectivity index is 1.70. The molecule has 0 heterocycles. The number of nitrogens with one attached hydrogen (secondary N) is 1. The Hall–Kier alpha value is -1.99. The summed E-state index contributed by atoms with van der Waals surface area (Å²) in [5.74, 6) is -1.21. The number of nitrogens with two attached hydrogens (primary N) is 1. The Morgan fingerprint density at radius 2 is 1.72 bits per heavy atom. The summed E-state index contributed by atoms with van der Waals surface area (Å²) in [5.41, 5.74) is 1.59.